The molecule has 1 aromatic rings. The second kappa shape index (κ2) is 11.9. The zero-order valence-electron chi connectivity index (χ0n) is 17.8. The lowest BCUT2D eigenvalue weighted by Gasteiger charge is -2.30. The van der Waals surface area contributed by atoms with Crippen LogP contribution < -0.4 is 10.6 Å². The fourth-order valence-corrected chi connectivity index (χ4v) is 3.19. The predicted octanol–water partition coefficient (Wildman–Crippen LogP) is 2.92. The van der Waals surface area contributed by atoms with Crippen molar-refractivity contribution in [1.82, 2.24) is 20.4 Å². The van der Waals surface area contributed by atoms with Crippen LogP contribution in [0.2, 0.25) is 0 Å². The summed E-state index contributed by atoms with van der Waals surface area (Å²) in [5.74, 6) is 0.864. The third-order valence-corrected chi connectivity index (χ3v) is 4.39. The maximum Gasteiger partial charge on any atom is 0.191 e. The predicted molar refractivity (Wildman–Crippen MR) is 114 cm³/mol. The van der Waals surface area contributed by atoms with Crippen molar-refractivity contribution in [3.05, 3.63) is 35.4 Å². The van der Waals surface area contributed by atoms with Crippen LogP contribution in [-0.4, -0.2) is 62.1 Å². The van der Waals surface area contributed by atoms with Gasteiger partial charge in [-0.3, -0.25) is 9.89 Å². The first-order chi connectivity index (χ1) is 12.3. The lowest BCUT2D eigenvalue weighted by Crippen LogP contribution is -2.41. The SMILES string of the molecule is CN=C(NCCCN(C(C)C)C(C)C)NCc1cccc(CN(C)C)c1. The largest absolute Gasteiger partial charge is 0.356 e. The molecule has 0 aromatic heterocycles. The average Bonchev–Trinajstić information content (AvgIpc) is 2.56. The number of hydrogen-bond acceptors (Lipinski definition) is 3. The molecule has 0 amide bonds. The summed E-state index contributed by atoms with van der Waals surface area (Å²) in [7, 11) is 6.01. The van der Waals surface area contributed by atoms with E-state index in [1.54, 1.807) is 0 Å². The van der Waals surface area contributed by atoms with E-state index in [0.29, 0.717) is 12.1 Å². The Morgan fingerprint density at radius 3 is 2.27 bits per heavy atom. The Balaban J connectivity index is 2.39. The van der Waals surface area contributed by atoms with E-state index in [4.69, 9.17) is 0 Å². The molecule has 0 heterocycles. The Kier molecular flexibility index (Phi) is 10.3. The summed E-state index contributed by atoms with van der Waals surface area (Å²) < 4.78 is 0. The summed E-state index contributed by atoms with van der Waals surface area (Å²) in [5.41, 5.74) is 2.61. The summed E-state index contributed by atoms with van der Waals surface area (Å²) in [5, 5.41) is 6.84. The van der Waals surface area contributed by atoms with Gasteiger partial charge in [0.15, 0.2) is 5.96 Å². The van der Waals surface area contributed by atoms with Crippen molar-refractivity contribution < 1.29 is 0 Å². The third-order valence-electron chi connectivity index (χ3n) is 4.39. The smallest absolute Gasteiger partial charge is 0.191 e. The molecule has 5 heteroatoms. The average molecular weight is 362 g/mol. The number of hydrogen-bond donors (Lipinski definition) is 2. The van der Waals surface area contributed by atoms with Crippen molar-refractivity contribution in [3.8, 4) is 0 Å². The molecule has 148 valence electrons. The maximum atomic E-state index is 4.33. The van der Waals surface area contributed by atoms with Crippen molar-refractivity contribution >= 4 is 5.96 Å². The van der Waals surface area contributed by atoms with Crippen LogP contribution in [0.3, 0.4) is 0 Å². The van der Waals surface area contributed by atoms with Gasteiger partial charge in [-0.05, 0) is 59.3 Å². The van der Waals surface area contributed by atoms with Gasteiger partial charge in [0.1, 0.15) is 0 Å². The molecule has 0 unspecified atom stereocenters. The molecular formula is C21H39N5. The first-order valence-corrected chi connectivity index (χ1v) is 9.76. The van der Waals surface area contributed by atoms with Gasteiger partial charge in [0.2, 0.25) is 0 Å². The second-order valence-corrected chi connectivity index (χ2v) is 7.69. The lowest BCUT2D eigenvalue weighted by molar-refractivity contribution is 0.173. The molecule has 0 atom stereocenters. The molecule has 1 rings (SSSR count). The van der Waals surface area contributed by atoms with Gasteiger partial charge in [-0.1, -0.05) is 24.3 Å². The first-order valence-electron chi connectivity index (χ1n) is 9.76. The number of aliphatic imine (C=N–C) groups is 1. The molecule has 0 saturated carbocycles. The quantitative estimate of drug-likeness (QED) is 0.382. The number of rotatable bonds is 10. The van der Waals surface area contributed by atoms with Gasteiger partial charge in [0, 0.05) is 45.3 Å². The van der Waals surface area contributed by atoms with Crippen LogP contribution in [0.15, 0.2) is 29.3 Å². The number of benzene rings is 1. The van der Waals surface area contributed by atoms with Crippen LogP contribution in [0.4, 0.5) is 0 Å². The van der Waals surface area contributed by atoms with Gasteiger partial charge in [-0.2, -0.15) is 0 Å². The molecule has 0 spiro atoms. The molecular weight excluding hydrogens is 322 g/mol. The standard InChI is InChI=1S/C21H39N5/c1-17(2)26(18(3)4)13-9-12-23-21(22-5)24-15-19-10-8-11-20(14-19)16-25(6)7/h8,10-11,14,17-18H,9,12-13,15-16H2,1-7H3,(H2,22,23,24). The van der Waals surface area contributed by atoms with Crippen molar-refractivity contribution in [1.29, 1.82) is 0 Å². The molecule has 26 heavy (non-hydrogen) atoms. The third kappa shape index (κ3) is 8.68. The highest BCUT2D eigenvalue weighted by molar-refractivity contribution is 5.79. The summed E-state index contributed by atoms with van der Waals surface area (Å²) in [6, 6.07) is 9.87. The van der Waals surface area contributed by atoms with E-state index in [0.717, 1.165) is 38.6 Å². The summed E-state index contributed by atoms with van der Waals surface area (Å²) in [6.45, 7) is 12.8. The highest BCUT2D eigenvalue weighted by Gasteiger charge is 2.12. The van der Waals surface area contributed by atoms with Crippen molar-refractivity contribution in [3.63, 3.8) is 0 Å². The van der Waals surface area contributed by atoms with E-state index in [9.17, 15) is 0 Å². The minimum absolute atomic E-state index is 0.585. The summed E-state index contributed by atoms with van der Waals surface area (Å²) in [6.07, 6.45) is 1.11. The maximum absolute atomic E-state index is 4.33. The van der Waals surface area contributed by atoms with Crippen LogP contribution in [0.5, 0.6) is 0 Å². The van der Waals surface area contributed by atoms with Crippen molar-refractivity contribution in [2.24, 2.45) is 4.99 Å². The molecule has 2 N–H and O–H groups in total. The number of guanidine groups is 1. The minimum Gasteiger partial charge on any atom is -0.356 e. The van der Waals surface area contributed by atoms with Gasteiger partial charge < -0.3 is 15.5 Å². The zero-order chi connectivity index (χ0) is 19.5. The Labute approximate surface area is 160 Å². The Bertz CT molecular complexity index is 529. The molecule has 0 fully saturated rings. The van der Waals surface area contributed by atoms with Crippen molar-refractivity contribution in [2.45, 2.75) is 59.3 Å². The summed E-state index contributed by atoms with van der Waals surface area (Å²) >= 11 is 0. The zero-order valence-corrected chi connectivity index (χ0v) is 17.8. The number of nitrogens with zero attached hydrogens (tertiary/aromatic N) is 3. The van der Waals surface area contributed by atoms with E-state index >= 15 is 0 Å². The molecule has 0 aliphatic heterocycles. The molecule has 0 aliphatic carbocycles. The highest BCUT2D eigenvalue weighted by atomic mass is 15.2. The fraction of sp³-hybridized carbons (Fsp3) is 0.667. The number of nitrogens with one attached hydrogen (secondary N) is 2. The molecule has 0 radical (unpaired) electrons. The highest BCUT2D eigenvalue weighted by Crippen LogP contribution is 2.07. The normalized spacial score (nSPS) is 12.5. The topological polar surface area (TPSA) is 42.9 Å². The fourth-order valence-electron chi connectivity index (χ4n) is 3.19. The van der Waals surface area contributed by atoms with Gasteiger partial charge in [-0.15, -0.1) is 0 Å². The van der Waals surface area contributed by atoms with Crippen LogP contribution >= 0.6 is 0 Å². The van der Waals surface area contributed by atoms with E-state index in [1.165, 1.54) is 11.1 Å². The van der Waals surface area contributed by atoms with E-state index in [2.05, 4.69) is 91.5 Å². The summed E-state index contributed by atoms with van der Waals surface area (Å²) in [4.78, 5) is 9.04. The Morgan fingerprint density at radius 1 is 1.04 bits per heavy atom. The second-order valence-electron chi connectivity index (χ2n) is 7.69. The van der Waals surface area contributed by atoms with E-state index in [1.807, 2.05) is 7.05 Å². The molecule has 0 saturated heterocycles. The van der Waals surface area contributed by atoms with E-state index in [-0.39, 0.29) is 0 Å². The van der Waals surface area contributed by atoms with Gasteiger partial charge in [0.25, 0.3) is 0 Å². The molecule has 1 aromatic carbocycles. The van der Waals surface area contributed by atoms with Gasteiger partial charge >= 0.3 is 0 Å². The Hall–Kier alpha value is -1.59. The molecule has 5 nitrogen and oxygen atoms in total. The minimum atomic E-state index is 0.585. The van der Waals surface area contributed by atoms with Crippen molar-refractivity contribution in [2.75, 3.05) is 34.2 Å². The molecule has 0 bridgehead atoms. The van der Waals surface area contributed by atoms with Crippen LogP contribution in [0.25, 0.3) is 0 Å². The van der Waals surface area contributed by atoms with Gasteiger partial charge in [-0.25, -0.2) is 0 Å². The van der Waals surface area contributed by atoms with Crippen LogP contribution in [0, 0.1) is 0 Å². The van der Waals surface area contributed by atoms with Crippen LogP contribution in [-0.2, 0) is 13.1 Å². The van der Waals surface area contributed by atoms with Crippen LogP contribution in [0.1, 0.15) is 45.2 Å². The Morgan fingerprint density at radius 2 is 1.69 bits per heavy atom. The van der Waals surface area contributed by atoms with E-state index < -0.39 is 0 Å². The lowest BCUT2D eigenvalue weighted by atomic mass is 10.1. The monoisotopic (exact) mass is 361 g/mol. The molecule has 0 aliphatic rings. The first kappa shape index (κ1) is 22.5. The van der Waals surface area contributed by atoms with Gasteiger partial charge in [0.05, 0.1) is 0 Å².